The summed E-state index contributed by atoms with van der Waals surface area (Å²) in [6, 6.07) is 4.19. The molecule has 2 unspecified atom stereocenters. The quantitative estimate of drug-likeness (QED) is 0.796. The molecule has 2 atom stereocenters. The van der Waals surface area contributed by atoms with Crippen molar-refractivity contribution in [3.05, 3.63) is 23.8 Å². The van der Waals surface area contributed by atoms with Crippen LogP contribution in [-0.2, 0) is 11.3 Å². The highest BCUT2D eigenvalue weighted by atomic mass is 35.5. The van der Waals surface area contributed by atoms with Crippen LogP contribution in [0.2, 0.25) is 0 Å². The molecule has 1 fully saturated rings. The Labute approximate surface area is 145 Å². The number of aliphatic hydroxyl groups excluding tert-OH is 1. The lowest BCUT2D eigenvalue weighted by Gasteiger charge is -2.21. The van der Waals surface area contributed by atoms with Crippen molar-refractivity contribution in [2.24, 2.45) is 0 Å². The van der Waals surface area contributed by atoms with Gasteiger partial charge in [-0.1, -0.05) is 6.07 Å². The number of hydrogen-bond acceptors (Lipinski definition) is 5. The van der Waals surface area contributed by atoms with Crippen molar-refractivity contribution in [3.63, 3.8) is 0 Å². The van der Waals surface area contributed by atoms with Crippen LogP contribution < -0.4 is 14.8 Å². The van der Waals surface area contributed by atoms with Crippen LogP contribution in [0.5, 0.6) is 11.5 Å². The Kier molecular flexibility index (Phi) is 7.65. The van der Waals surface area contributed by atoms with E-state index in [9.17, 15) is 18.7 Å². The smallest absolute Gasteiger partial charge is 0.387 e. The Morgan fingerprint density at radius 2 is 2.17 bits per heavy atom. The minimum Gasteiger partial charge on any atom is -0.493 e. The summed E-state index contributed by atoms with van der Waals surface area (Å²) in [5.41, 5.74) is 0.635. The summed E-state index contributed by atoms with van der Waals surface area (Å²) < 4.78 is 34.2. The zero-order valence-electron chi connectivity index (χ0n) is 13.4. The van der Waals surface area contributed by atoms with Gasteiger partial charge in [0.2, 0.25) is 5.91 Å². The minimum absolute atomic E-state index is 0. The maximum absolute atomic E-state index is 12.4. The number of methoxy groups -OCH3 is 1. The highest BCUT2D eigenvalue weighted by molar-refractivity contribution is 5.85. The second-order valence-corrected chi connectivity index (χ2v) is 5.41. The van der Waals surface area contributed by atoms with E-state index in [2.05, 4.69) is 10.1 Å². The molecule has 0 bridgehead atoms. The van der Waals surface area contributed by atoms with Gasteiger partial charge < -0.3 is 24.8 Å². The molecule has 0 radical (unpaired) electrons. The van der Waals surface area contributed by atoms with Crippen molar-refractivity contribution in [2.45, 2.75) is 31.7 Å². The van der Waals surface area contributed by atoms with Crippen molar-refractivity contribution < 1.29 is 28.2 Å². The van der Waals surface area contributed by atoms with E-state index >= 15 is 0 Å². The number of benzene rings is 1. The number of likely N-dealkylation sites (N-methyl/N-ethyl adjacent to an activating group) is 1. The van der Waals surface area contributed by atoms with Gasteiger partial charge in [0.15, 0.2) is 11.5 Å². The third-order valence-electron chi connectivity index (χ3n) is 3.65. The minimum atomic E-state index is -2.96. The van der Waals surface area contributed by atoms with E-state index in [1.165, 1.54) is 24.1 Å². The summed E-state index contributed by atoms with van der Waals surface area (Å²) in [6.45, 7) is -2.33. The normalized spacial score (nSPS) is 19.8. The average molecular weight is 367 g/mol. The number of carbonyl (C=O) groups is 1. The summed E-state index contributed by atoms with van der Waals surface area (Å²) in [5, 5.41) is 12.4. The number of ether oxygens (including phenoxy) is 2. The van der Waals surface area contributed by atoms with Gasteiger partial charge in [-0.3, -0.25) is 4.79 Å². The molecule has 0 spiro atoms. The van der Waals surface area contributed by atoms with Crippen LogP contribution in [0.3, 0.4) is 0 Å². The molecule has 1 heterocycles. The third-order valence-corrected chi connectivity index (χ3v) is 3.65. The molecule has 0 saturated carbocycles. The molecule has 1 saturated heterocycles. The molecule has 1 aromatic carbocycles. The number of halogens is 3. The maximum Gasteiger partial charge on any atom is 0.387 e. The molecule has 1 amide bonds. The maximum atomic E-state index is 12.4. The van der Waals surface area contributed by atoms with Gasteiger partial charge in [0, 0.05) is 20.1 Å². The van der Waals surface area contributed by atoms with E-state index in [0.29, 0.717) is 18.5 Å². The van der Waals surface area contributed by atoms with Crippen LogP contribution in [0.4, 0.5) is 8.78 Å². The molecular formula is C15H21ClF2N2O4. The number of β-amino-alcohol motifs (C(OH)–C–C–N with tert-alkyl or cyclic N) is 1. The van der Waals surface area contributed by atoms with E-state index in [-0.39, 0.29) is 36.4 Å². The molecule has 2 N–H and O–H groups in total. The molecule has 24 heavy (non-hydrogen) atoms. The Morgan fingerprint density at radius 3 is 2.71 bits per heavy atom. The monoisotopic (exact) mass is 366 g/mol. The van der Waals surface area contributed by atoms with Gasteiger partial charge in [0.1, 0.15) is 0 Å². The van der Waals surface area contributed by atoms with Crippen molar-refractivity contribution in [2.75, 3.05) is 20.7 Å². The van der Waals surface area contributed by atoms with Crippen molar-refractivity contribution in [3.8, 4) is 11.5 Å². The predicted molar refractivity (Wildman–Crippen MR) is 85.8 cm³/mol. The fraction of sp³-hybridized carbons (Fsp3) is 0.533. The van der Waals surface area contributed by atoms with E-state index in [1.807, 2.05) is 0 Å². The molecule has 9 heteroatoms. The zero-order chi connectivity index (χ0) is 17.0. The lowest BCUT2D eigenvalue weighted by Crippen LogP contribution is -2.41. The summed E-state index contributed by atoms with van der Waals surface area (Å²) in [7, 11) is 2.98. The Morgan fingerprint density at radius 1 is 1.46 bits per heavy atom. The number of nitrogens with one attached hydrogen (secondary N) is 1. The van der Waals surface area contributed by atoms with Crippen LogP contribution in [-0.4, -0.2) is 55.4 Å². The van der Waals surface area contributed by atoms with Crippen molar-refractivity contribution in [1.29, 1.82) is 0 Å². The molecule has 1 aliphatic heterocycles. The summed E-state index contributed by atoms with van der Waals surface area (Å²) in [4.78, 5) is 13.7. The second kappa shape index (κ2) is 9.00. The number of amides is 1. The van der Waals surface area contributed by atoms with Crippen LogP contribution in [0.25, 0.3) is 0 Å². The lowest BCUT2D eigenvalue weighted by molar-refractivity contribution is -0.132. The standard InChI is InChI=1S/C15H20F2N2O4.ClH/c1-19(14(21)11-6-10(20)7-18-11)8-9-3-4-12(22-2)13(5-9)23-15(16)17;/h3-5,10-11,15,18,20H,6-8H2,1-2H3;1H. The van der Waals surface area contributed by atoms with E-state index in [1.54, 1.807) is 13.1 Å². The van der Waals surface area contributed by atoms with E-state index in [0.717, 1.165) is 0 Å². The summed E-state index contributed by atoms with van der Waals surface area (Å²) >= 11 is 0. The first-order valence-electron chi connectivity index (χ1n) is 7.19. The van der Waals surface area contributed by atoms with Crippen molar-refractivity contribution >= 4 is 18.3 Å². The molecule has 1 aromatic rings. The fourth-order valence-electron chi connectivity index (χ4n) is 2.53. The van der Waals surface area contributed by atoms with Crippen LogP contribution in [0.15, 0.2) is 18.2 Å². The van der Waals surface area contributed by atoms with Crippen molar-refractivity contribution in [1.82, 2.24) is 10.2 Å². The van der Waals surface area contributed by atoms with Gasteiger partial charge in [0.05, 0.1) is 19.3 Å². The van der Waals surface area contributed by atoms with Gasteiger partial charge in [-0.2, -0.15) is 8.78 Å². The van der Waals surface area contributed by atoms with E-state index in [4.69, 9.17) is 4.74 Å². The molecule has 2 rings (SSSR count). The molecule has 0 aliphatic carbocycles. The Bertz CT molecular complexity index is 562. The largest absolute Gasteiger partial charge is 0.493 e. The summed E-state index contributed by atoms with van der Waals surface area (Å²) in [5.74, 6) is -0.0347. The Balaban J connectivity index is 0.00000288. The average Bonchev–Trinajstić information content (AvgIpc) is 2.92. The van der Waals surface area contributed by atoms with E-state index < -0.39 is 18.8 Å². The zero-order valence-corrected chi connectivity index (χ0v) is 14.2. The highest BCUT2D eigenvalue weighted by Crippen LogP contribution is 2.30. The SMILES string of the molecule is COc1ccc(CN(C)C(=O)C2CC(O)CN2)cc1OC(F)F.Cl. The number of aliphatic hydroxyl groups is 1. The van der Waals surface area contributed by atoms with Gasteiger partial charge in [-0.05, 0) is 24.1 Å². The number of nitrogens with zero attached hydrogens (tertiary/aromatic N) is 1. The fourth-order valence-corrected chi connectivity index (χ4v) is 2.53. The predicted octanol–water partition coefficient (Wildman–Crippen LogP) is 1.40. The number of hydrogen-bond donors (Lipinski definition) is 2. The topological polar surface area (TPSA) is 71.0 Å². The van der Waals surface area contributed by atoms with Crippen LogP contribution in [0.1, 0.15) is 12.0 Å². The lowest BCUT2D eigenvalue weighted by atomic mass is 10.1. The third kappa shape index (κ3) is 5.19. The highest BCUT2D eigenvalue weighted by Gasteiger charge is 2.30. The number of rotatable bonds is 6. The molecule has 0 aromatic heterocycles. The van der Waals surface area contributed by atoms with Crippen LogP contribution >= 0.6 is 12.4 Å². The molecular weight excluding hydrogens is 346 g/mol. The molecule has 136 valence electrons. The molecule has 6 nitrogen and oxygen atoms in total. The molecule has 1 aliphatic rings. The Hall–Kier alpha value is -1.64. The number of alkyl halides is 2. The first kappa shape index (κ1) is 20.4. The first-order chi connectivity index (χ1) is 10.9. The summed E-state index contributed by atoms with van der Waals surface area (Å²) in [6.07, 6.45) is -0.157. The van der Waals surface area contributed by atoms with Gasteiger partial charge >= 0.3 is 6.61 Å². The van der Waals surface area contributed by atoms with Crippen LogP contribution in [0, 0.1) is 0 Å². The van der Waals surface area contributed by atoms with Gasteiger partial charge in [-0.15, -0.1) is 12.4 Å². The second-order valence-electron chi connectivity index (χ2n) is 5.41. The van der Waals surface area contributed by atoms with Gasteiger partial charge in [-0.25, -0.2) is 0 Å². The number of carbonyl (C=O) groups excluding carboxylic acids is 1. The van der Waals surface area contributed by atoms with Gasteiger partial charge in [0.25, 0.3) is 0 Å². The first-order valence-corrected chi connectivity index (χ1v) is 7.19.